The van der Waals surface area contributed by atoms with Crippen LogP contribution in [-0.2, 0) is 6.42 Å². The summed E-state index contributed by atoms with van der Waals surface area (Å²) in [4.78, 5) is 34.0. The van der Waals surface area contributed by atoms with E-state index in [1.54, 1.807) is 23.1 Å². The van der Waals surface area contributed by atoms with Crippen molar-refractivity contribution >= 4 is 45.9 Å². The van der Waals surface area contributed by atoms with Crippen LogP contribution < -0.4 is 4.74 Å². The smallest absolute Gasteiger partial charge is 0.289 e. The highest BCUT2D eigenvalue weighted by Crippen LogP contribution is 2.34. The van der Waals surface area contributed by atoms with Crippen LogP contribution in [0.25, 0.3) is 11.0 Å². The molecule has 0 bridgehead atoms. The number of nitrogens with zero attached hydrogens (tertiary/aromatic N) is 3. The lowest BCUT2D eigenvalue weighted by molar-refractivity contribution is 0.0587. The Kier molecular flexibility index (Phi) is 7.19. The first-order valence-corrected chi connectivity index (χ1v) is 11.2. The zero-order chi connectivity index (χ0) is 23.5. The van der Waals surface area contributed by atoms with Crippen LogP contribution in [-0.4, -0.2) is 78.0 Å². The van der Waals surface area contributed by atoms with Gasteiger partial charge >= 0.3 is 0 Å². The standard InChI is InChI=1S/C23H23Cl2N3O5/c1-32-20-3-2-14(19(30)10-16-17(24)12-26-13-18(16)25)15-11-21(33-22(15)20)23(31)28-6-4-27(5-7-28)8-9-29/h2-3,11-13,29H,4-10H2,1H3. The van der Waals surface area contributed by atoms with Gasteiger partial charge in [0.2, 0.25) is 0 Å². The summed E-state index contributed by atoms with van der Waals surface area (Å²) in [5, 5.41) is 10.2. The molecule has 1 aliphatic rings. The Bertz CT molecular complexity index is 1170. The molecule has 174 valence electrons. The minimum Gasteiger partial charge on any atom is -0.493 e. The van der Waals surface area contributed by atoms with E-state index < -0.39 is 0 Å². The molecule has 0 spiro atoms. The van der Waals surface area contributed by atoms with Crippen molar-refractivity contribution in [2.24, 2.45) is 0 Å². The summed E-state index contributed by atoms with van der Waals surface area (Å²) in [6, 6.07) is 4.87. The SMILES string of the molecule is COc1ccc(C(=O)Cc2c(Cl)cncc2Cl)c2cc(C(=O)N3CCN(CCO)CC3)oc12. The third-order valence-corrected chi connectivity index (χ3v) is 6.40. The van der Waals surface area contributed by atoms with E-state index in [1.807, 2.05) is 0 Å². The van der Waals surface area contributed by atoms with E-state index in [1.165, 1.54) is 19.5 Å². The molecule has 0 saturated carbocycles. The van der Waals surface area contributed by atoms with Gasteiger partial charge in [0, 0.05) is 68.1 Å². The van der Waals surface area contributed by atoms with Crippen molar-refractivity contribution in [1.82, 2.24) is 14.8 Å². The lowest BCUT2D eigenvalue weighted by atomic mass is 10.00. The molecule has 0 aliphatic carbocycles. The minimum atomic E-state index is -0.254. The maximum atomic E-state index is 13.2. The van der Waals surface area contributed by atoms with Crippen molar-refractivity contribution < 1.29 is 23.8 Å². The number of hydrogen-bond donors (Lipinski definition) is 1. The number of halogens is 2. The van der Waals surface area contributed by atoms with Crippen molar-refractivity contribution in [3.05, 3.63) is 57.5 Å². The minimum absolute atomic E-state index is 0.0249. The summed E-state index contributed by atoms with van der Waals surface area (Å²) in [6.07, 6.45) is 2.85. The van der Waals surface area contributed by atoms with E-state index in [4.69, 9.17) is 37.5 Å². The van der Waals surface area contributed by atoms with Gasteiger partial charge in [-0.3, -0.25) is 19.5 Å². The number of carbonyl (C=O) groups is 2. The molecule has 1 N–H and O–H groups in total. The molecule has 4 rings (SSSR count). The number of hydrogen-bond acceptors (Lipinski definition) is 7. The molecule has 33 heavy (non-hydrogen) atoms. The molecular weight excluding hydrogens is 469 g/mol. The van der Waals surface area contributed by atoms with Crippen molar-refractivity contribution in [3.8, 4) is 5.75 Å². The second-order valence-electron chi connectivity index (χ2n) is 7.71. The second kappa shape index (κ2) is 10.1. The van der Waals surface area contributed by atoms with Gasteiger partial charge in [0.05, 0.1) is 23.8 Å². The number of Topliss-reactive ketones (excluding diaryl/α,β-unsaturated/α-hetero) is 1. The fourth-order valence-electron chi connectivity index (χ4n) is 3.94. The molecule has 3 aromatic rings. The first kappa shape index (κ1) is 23.5. The van der Waals surface area contributed by atoms with Gasteiger partial charge in [-0.25, -0.2) is 0 Å². The van der Waals surface area contributed by atoms with Crippen LogP contribution in [0.2, 0.25) is 10.0 Å². The van der Waals surface area contributed by atoms with Gasteiger partial charge in [0.1, 0.15) is 0 Å². The summed E-state index contributed by atoms with van der Waals surface area (Å²) in [6.45, 7) is 3.07. The number of fused-ring (bicyclic) bond motifs is 1. The number of piperazine rings is 1. The number of benzene rings is 1. The van der Waals surface area contributed by atoms with Crippen LogP contribution in [0, 0.1) is 0 Å². The summed E-state index contributed by atoms with van der Waals surface area (Å²) in [5.74, 6) is 0.0815. The number of rotatable bonds is 7. The Balaban J connectivity index is 1.63. The number of methoxy groups -OCH3 is 1. The number of pyridine rings is 1. The van der Waals surface area contributed by atoms with Gasteiger partial charge in [-0.15, -0.1) is 0 Å². The molecule has 0 unspecified atom stereocenters. The topological polar surface area (TPSA) is 96.1 Å². The fourth-order valence-corrected chi connectivity index (χ4v) is 4.44. The largest absolute Gasteiger partial charge is 0.493 e. The van der Waals surface area contributed by atoms with Gasteiger partial charge in [-0.05, 0) is 18.2 Å². The Labute approximate surface area is 200 Å². The molecule has 1 aromatic carbocycles. The highest BCUT2D eigenvalue weighted by atomic mass is 35.5. The average Bonchev–Trinajstić information content (AvgIpc) is 3.26. The van der Waals surface area contributed by atoms with Gasteiger partial charge in [0.25, 0.3) is 5.91 Å². The number of carbonyl (C=O) groups excluding carboxylic acids is 2. The second-order valence-corrected chi connectivity index (χ2v) is 8.52. The number of aliphatic hydroxyl groups excluding tert-OH is 1. The fraction of sp³-hybridized carbons (Fsp3) is 0.348. The van der Waals surface area contributed by atoms with Crippen LogP contribution in [0.3, 0.4) is 0 Å². The predicted octanol–water partition coefficient (Wildman–Crippen LogP) is 3.32. The summed E-state index contributed by atoms with van der Waals surface area (Å²) in [5.41, 5.74) is 1.20. The van der Waals surface area contributed by atoms with Crippen LogP contribution in [0.1, 0.15) is 26.5 Å². The monoisotopic (exact) mass is 491 g/mol. The van der Waals surface area contributed by atoms with Gasteiger partial charge in [0.15, 0.2) is 22.9 Å². The zero-order valence-corrected chi connectivity index (χ0v) is 19.5. The number of ether oxygens (including phenoxy) is 1. The van der Waals surface area contributed by atoms with E-state index in [0.29, 0.717) is 70.6 Å². The van der Waals surface area contributed by atoms with E-state index in [-0.39, 0.29) is 30.5 Å². The van der Waals surface area contributed by atoms with Crippen molar-refractivity contribution in [1.29, 1.82) is 0 Å². The van der Waals surface area contributed by atoms with Crippen molar-refractivity contribution in [2.75, 3.05) is 46.4 Å². The number of β-amino-alcohol motifs (C(OH)–C–C–N with tert-alkyl or cyclic N) is 1. The Morgan fingerprint density at radius 1 is 1.15 bits per heavy atom. The molecule has 2 aromatic heterocycles. The lowest BCUT2D eigenvalue weighted by Crippen LogP contribution is -2.49. The molecule has 1 amide bonds. The quantitative estimate of drug-likeness (QED) is 0.506. The highest BCUT2D eigenvalue weighted by Gasteiger charge is 2.27. The number of aliphatic hydroxyl groups is 1. The van der Waals surface area contributed by atoms with Gasteiger partial charge < -0.3 is 19.2 Å². The van der Waals surface area contributed by atoms with Crippen molar-refractivity contribution in [2.45, 2.75) is 6.42 Å². The number of furan rings is 1. The first-order chi connectivity index (χ1) is 15.9. The molecule has 8 nitrogen and oxygen atoms in total. The van der Waals surface area contributed by atoms with Gasteiger partial charge in [-0.1, -0.05) is 23.2 Å². The third kappa shape index (κ3) is 4.84. The molecule has 1 saturated heterocycles. The molecule has 0 atom stereocenters. The highest BCUT2D eigenvalue weighted by molar-refractivity contribution is 6.36. The third-order valence-electron chi connectivity index (χ3n) is 5.74. The molecule has 1 aliphatic heterocycles. The predicted molar refractivity (Wildman–Crippen MR) is 124 cm³/mol. The zero-order valence-electron chi connectivity index (χ0n) is 18.0. The Hall–Kier alpha value is -2.65. The first-order valence-electron chi connectivity index (χ1n) is 10.5. The molecule has 1 fully saturated rings. The van der Waals surface area contributed by atoms with Gasteiger partial charge in [-0.2, -0.15) is 0 Å². The van der Waals surface area contributed by atoms with E-state index in [2.05, 4.69) is 9.88 Å². The maximum Gasteiger partial charge on any atom is 0.289 e. The van der Waals surface area contributed by atoms with Crippen LogP contribution >= 0.6 is 23.2 Å². The molecule has 0 radical (unpaired) electrons. The molecular formula is C23H23Cl2N3O5. The van der Waals surface area contributed by atoms with E-state index >= 15 is 0 Å². The average molecular weight is 492 g/mol. The number of aromatic nitrogens is 1. The summed E-state index contributed by atoms with van der Waals surface area (Å²) < 4.78 is 11.3. The number of amides is 1. The Morgan fingerprint density at radius 3 is 2.48 bits per heavy atom. The van der Waals surface area contributed by atoms with E-state index in [0.717, 1.165) is 0 Å². The Morgan fingerprint density at radius 2 is 1.85 bits per heavy atom. The summed E-state index contributed by atoms with van der Waals surface area (Å²) >= 11 is 12.4. The lowest BCUT2D eigenvalue weighted by Gasteiger charge is -2.33. The number of ketones is 1. The van der Waals surface area contributed by atoms with Crippen molar-refractivity contribution in [3.63, 3.8) is 0 Å². The molecule has 3 heterocycles. The normalized spacial score (nSPS) is 14.6. The molecule has 10 heteroatoms. The maximum absolute atomic E-state index is 13.2. The van der Waals surface area contributed by atoms with Crippen LogP contribution in [0.4, 0.5) is 0 Å². The van der Waals surface area contributed by atoms with Crippen LogP contribution in [0.15, 0.2) is 35.0 Å². The van der Waals surface area contributed by atoms with Crippen LogP contribution in [0.5, 0.6) is 5.75 Å². The van der Waals surface area contributed by atoms with E-state index in [9.17, 15) is 9.59 Å². The summed E-state index contributed by atoms with van der Waals surface area (Å²) in [7, 11) is 1.50.